The predicted octanol–water partition coefficient (Wildman–Crippen LogP) is 2.79. The number of hydrogen-bond donors (Lipinski definition) is 2. The molecule has 0 aliphatic heterocycles. The molecule has 1 aromatic rings. The summed E-state index contributed by atoms with van der Waals surface area (Å²) in [6.07, 6.45) is 4.71. The summed E-state index contributed by atoms with van der Waals surface area (Å²) in [6.45, 7) is 4.67. The molecule has 1 amide bonds. The number of amides is 1. The smallest absolute Gasteiger partial charge is 0.223 e. The van der Waals surface area contributed by atoms with Crippen molar-refractivity contribution in [2.75, 3.05) is 6.54 Å². The van der Waals surface area contributed by atoms with Crippen LogP contribution in [-0.2, 0) is 4.79 Å². The van der Waals surface area contributed by atoms with Gasteiger partial charge in [-0.3, -0.25) is 4.79 Å². The van der Waals surface area contributed by atoms with Gasteiger partial charge in [-0.25, -0.2) is 0 Å². The Morgan fingerprint density at radius 1 is 1.45 bits per heavy atom. The van der Waals surface area contributed by atoms with Crippen LogP contribution in [0, 0.1) is 12.8 Å². The molecule has 0 saturated heterocycles. The second-order valence-corrected chi connectivity index (χ2v) is 6.33. The molecule has 0 spiro atoms. The van der Waals surface area contributed by atoms with Crippen molar-refractivity contribution in [3.05, 3.63) is 29.8 Å². The minimum Gasteiger partial charge on any atom is -0.489 e. The van der Waals surface area contributed by atoms with E-state index in [4.69, 9.17) is 10.5 Å². The van der Waals surface area contributed by atoms with Crippen molar-refractivity contribution >= 4 is 5.91 Å². The van der Waals surface area contributed by atoms with Crippen molar-refractivity contribution in [2.45, 2.75) is 58.1 Å². The van der Waals surface area contributed by atoms with E-state index in [1.54, 1.807) is 0 Å². The molecule has 3 N–H and O–H groups in total. The maximum atomic E-state index is 12.2. The van der Waals surface area contributed by atoms with Gasteiger partial charge in [0.25, 0.3) is 0 Å². The maximum absolute atomic E-state index is 12.2. The van der Waals surface area contributed by atoms with E-state index >= 15 is 0 Å². The average molecular weight is 304 g/mol. The van der Waals surface area contributed by atoms with E-state index in [0.29, 0.717) is 6.54 Å². The van der Waals surface area contributed by atoms with Crippen LogP contribution in [0.3, 0.4) is 0 Å². The Morgan fingerprint density at radius 3 is 2.95 bits per heavy atom. The number of rotatable bonds is 6. The van der Waals surface area contributed by atoms with E-state index in [2.05, 4.69) is 12.2 Å². The Bertz CT molecular complexity index is 490. The number of aryl methyl sites for hydroxylation is 1. The molecule has 122 valence electrons. The van der Waals surface area contributed by atoms with Gasteiger partial charge in [-0.05, 0) is 50.3 Å². The molecule has 2 rings (SSSR count). The number of ether oxygens (including phenoxy) is 1. The highest BCUT2D eigenvalue weighted by Gasteiger charge is 2.25. The van der Waals surface area contributed by atoms with Gasteiger partial charge in [0, 0.05) is 12.0 Å². The van der Waals surface area contributed by atoms with Gasteiger partial charge in [0.15, 0.2) is 0 Å². The fourth-order valence-corrected chi connectivity index (χ4v) is 2.97. The Kier molecular flexibility index (Phi) is 6.25. The molecule has 0 bridgehead atoms. The summed E-state index contributed by atoms with van der Waals surface area (Å²) >= 11 is 0. The predicted molar refractivity (Wildman–Crippen MR) is 88.8 cm³/mol. The van der Waals surface area contributed by atoms with E-state index in [0.717, 1.165) is 37.9 Å². The van der Waals surface area contributed by atoms with Crippen LogP contribution in [0.1, 0.15) is 44.6 Å². The molecular weight excluding hydrogens is 276 g/mol. The zero-order valence-electron chi connectivity index (χ0n) is 13.7. The number of carbonyl (C=O) groups excluding carboxylic acids is 1. The van der Waals surface area contributed by atoms with Crippen molar-refractivity contribution in [2.24, 2.45) is 11.7 Å². The zero-order chi connectivity index (χ0) is 15.9. The minimum atomic E-state index is 0.00279. The van der Waals surface area contributed by atoms with E-state index in [9.17, 15) is 4.79 Å². The van der Waals surface area contributed by atoms with Gasteiger partial charge in [-0.15, -0.1) is 0 Å². The molecular formula is C18H28N2O2. The molecule has 0 aromatic heterocycles. The lowest BCUT2D eigenvalue weighted by molar-refractivity contribution is -0.126. The van der Waals surface area contributed by atoms with Crippen molar-refractivity contribution < 1.29 is 9.53 Å². The second-order valence-electron chi connectivity index (χ2n) is 6.33. The van der Waals surface area contributed by atoms with E-state index in [1.165, 1.54) is 5.56 Å². The standard InChI is InChI=1S/C18H28N2O2/c1-3-16(22-17-9-4-6-13(2)10-17)12-20-18(21)14-7-5-8-15(19)11-14/h4,6,9-10,14-16H,3,5,7-8,11-12,19H2,1-2H3,(H,20,21). The highest BCUT2D eigenvalue weighted by molar-refractivity contribution is 5.78. The lowest BCUT2D eigenvalue weighted by Crippen LogP contribution is -2.41. The second kappa shape index (κ2) is 8.18. The van der Waals surface area contributed by atoms with Crippen LogP contribution in [-0.4, -0.2) is 24.6 Å². The molecule has 0 radical (unpaired) electrons. The van der Waals surface area contributed by atoms with Gasteiger partial charge in [0.05, 0.1) is 6.54 Å². The molecule has 1 aliphatic carbocycles. The van der Waals surface area contributed by atoms with E-state index in [1.807, 2.05) is 31.2 Å². The number of nitrogens with two attached hydrogens (primary N) is 1. The monoisotopic (exact) mass is 304 g/mol. The SMILES string of the molecule is CCC(CNC(=O)C1CCCC(N)C1)Oc1cccc(C)c1. The largest absolute Gasteiger partial charge is 0.489 e. The van der Waals surface area contributed by atoms with Gasteiger partial charge in [-0.1, -0.05) is 25.5 Å². The van der Waals surface area contributed by atoms with Crippen molar-refractivity contribution in [3.63, 3.8) is 0 Å². The molecule has 4 nitrogen and oxygen atoms in total. The van der Waals surface area contributed by atoms with Gasteiger partial charge in [-0.2, -0.15) is 0 Å². The number of nitrogens with one attached hydrogen (secondary N) is 1. The third kappa shape index (κ3) is 5.02. The Labute approximate surface area is 133 Å². The average Bonchev–Trinajstić information content (AvgIpc) is 2.51. The van der Waals surface area contributed by atoms with E-state index < -0.39 is 0 Å². The minimum absolute atomic E-state index is 0.00279. The van der Waals surface area contributed by atoms with Crippen LogP contribution in [0.25, 0.3) is 0 Å². The van der Waals surface area contributed by atoms with Crippen molar-refractivity contribution in [1.29, 1.82) is 0 Å². The lowest BCUT2D eigenvalue weighted by atomic mass is 9.85. The molecule has 22 heavy (non-hydrogen) atoms. The van der Waals surface area contributed by atoms with Crippen LogP contribution in [0.2, 0.25) is 0 Å². The fraction of sp³-hybridized carbons (Fsp3) is 0.611. The fourth-order valence-electron chi connectivity index (χ4n) is 2.97. The first-order valence-corrected chi connectivity index (χ1v) is 8.35. The quantitative estimate of drug-likeness (QED) is 0.849. The molecule has 3 unspecified atom stereocenters. The Balaban J connectivity index is 1.81. The summed E-state index contributed by atoms with van der Waals surface area (Å²) in [5, 5.41) is 3.04. The van der Waals surface area contributed by atoms with Crippen LogP contribution in [0.15, 0.2) is 24.3 Å². The zero-order valence-corrected chi connectivity index (χ0v) is 13.7. The summed E-state index contributed by atoms with van der Waals surface area (Å²) in [7, 11) is 0. The van der Waals surface area contributed by atoms with Crippen molar-refractivity contribution in [3.8, 4) is 5.75 Å². The molecule has 3 atom stereocenters. The van der Waals surface area contributed by atoms with Crippen LogP contribution in [0.5, 0.6) is 5.75 Å². The number of benzene rings is 1. The molecule has 1 fully saturated rings. The first kappa shape index (κ1) is 16.8. The lowest BCUT2D eigenvalue weighted by Gasteiger charge is -2.26. The van der Waals surface area contributed by atoms with Crippen LogP contribution < -0.4 is 15.8 Å². The van der Waals surface area contributed by atoms with Crippen LogP contribution >= 0.6 is 0 Å². The normalized spacial score (nSPS) is 22.9. The van der Waals surface area contributed by atoms with Gasteiger partial charge < -0.3 is 15.8 Å². The molecule has 1 aliphatic rings. The summed E-state index contributed by atoms with van der Waals surface area (Å²) in [4.78, 5) is 12.2. The summed E-state index contributed by atoms with van der Waals surface area (Å²) in [5.74, 6) is 1.06. The molecule has 1 aromatic carbocycles. The molecule has 1 saturated carbocycles. The Hall–Kier alpha value is -1.55. The van der Waals surface area contributed by atoms with Gasteiger partial charge in [0.2, 0.25) is 5.91 Å². The van der Waals surface area contributed by atoms with Crippen molar-refractivity contribution in [1.82, 2.24) is 5.32 Å². The van der Waals surface area contributed by atoms with Gasteiger partial charge >= 0.3 is 0 Å². The van der Waals surface area contributed by atoms with E-state index in [-0.39, 0.29) is 24.0 Å². The highest BCUT2D eigenvalue weighted by Crippen LogP contribution is 2.23. The van der Waals surface area contributed by atoms with Gasteiger partial charge in [0.1, 0.15) is 11.9 Å². The molecule has 4 heteroatoms. The highest BCUT2D eigenvalue weighted by atomic mass is 16.5. The third-order valence-corrected chi connectivity index (χ3v) is 4.34. The first-order chi connectivity index (χ1) is 10.6. The summed E-state index contributed by atoms with van der Waals surface area (Å²) < 4.78 is 5.96. The number of hydrogen-bond acceptors (Lipinski definition) is 3. The molecule has 0 heterocycles. The summed E-state index contributed by atoms with van der Waals surface area (Å²) in [6, 6.07) is 8.18. The number of carbonyl (C=O) groups is 1. The summed E-state index contributed by atoms with van der Waals surface area (Å²) in [5.41, 5.74) is 7.13. The maximum Gasteiger partial charge on any atom is 0.223 e. The van der Waals surface area contributed by atoms with Crippen LogP contribution in [0.4, 0.5) is 0 Å². The Morgan fingerprint density at radius 2 is 2.27 bits per heavy atom. The topological polar surface area (TPSA) is 64.4 Å². The third-order valence-electron chi connectivity index (χ3n) is 4.34. The first-order valence-electron chi connectivity index (χ1n) is 8.35.